The van der Waals surface area contributed by atoms with Gasteiger partial charge in [-0.05, 0) is 0 Å². The molecule has 2 aliphatic rings. The van der Waals surface area contributed by atoms with Gasteiger partial charge in [0.2, 0.25) is 0 Å². The molecule has 0 bridgehead atoms. The van der Waals surface area contributed by atoms with Gasteiger partial charge in [0, 0.05) is 0 Å². The van der Waals surface area contributed by atoms with Gasteiger partial charge in [0.25, 0.3) is 0 Å². The van der Waals surface area contributed by atoms with E-state index in [-0.39, 0.29) is 0 Å². The zero-order chi connectivity index (χ0) is 6.10. The molecule has 9 heavy (non-hydrogen) atoms. The van der Waals surface area contributed by atoms with Crippen molar-refractivity contribution in [1.29, 1.82) is 0 Å². The van der Waals surface area contributed by atoms with Gasteiger partial charge in [-0.25, -0.2) is 0 Å². The van der Waals surface area contributed by atoms with Crippen LogP contribution in [0.15, 0.2) is 24.3 Å². The van der Waals surface area contributed by atoms with Crippen LogP contribution >= 0.6 is 0 Å². The fourth-order valence-corrected chi connectivity index (χ4v) is 1.13. The summed E-state index contributed by atoms with van der Waals surface area (Å²) in [6.07, 6.45) is 8.37. The van der Waals surface area contributed by atoms with Crippen molar-refractivity contribution < 1.29 is 4.65 Å². The van der Waals surface area contributed by atoms with Crippen LogP contribution in [0.4, 0.5) is 0 Å². The molecule has 0 amide bonds. The summed E-state index contributed by atoms with van der Waals surface area (Å²) in [6.45, 7) is 0.830. The summed E-state index contributed by atoms with van der Waals surface area (Å²) in [5.41, 5.74) is 1.30. The van der Waals surface area contributed by atoms with Crippen molar-refractivity contribution >= 4 is 12.6 Å². The molecule has 0 N–H and O–H groups in total. The standard InChI is InChI=1S/C7H7BO/c1-2-4-7-6(3-1)5-9-8-7/h1-4,6H,5H2. The molecule has 1 aliphatic heterocycles. The Morgan fingerprint density at radius 1 is 1.56 bits per heavy atom. The molecule has 0 fully saturated rings. The van der Waals surface area contributed by atoms with E-state index in [0.717, 1.165) is 6.61 Å². The van der Waals surface area contributed by atoms with Crippen molar-refractivity contribution in [3.05, 3.63) is 24.3 Å². The number of hydrogen-bond acceptors (Lipinski definition) is 1. The molecule has 0 radical (unpaired) electrons. The van der Waals surface area contributed by atoms with Crippen molar-refractivity contribution in [2.75, 3.05) is 6.61 Å². The van der Waals surface area contributed by atoms with Crippen LogP contribution in [-0.4, -0.2) is 19.2 Å². The quantitative estimate of drug-likeness (QED) is 0.422. The van der Waals surface area contributed by atoms with Crippen LogP contribution < -0.4 is 0 Å². The molecule has 1 unspecified atom stereocenters. The molecular formula is C7H7BO. The van der Waals surface area contributed by atoms with Gasteiger partial charge in [0.05, 0.1) is 0 Å². The Kier molecular flexibility index (Phi) is 1.05. The van der Waals surface area contributed by atoms with Crippen LogP contribution in [0.3, 0.4) is 0 Å². The summed E-state index contributed by atoms with van der Waals surface area (Å²) in [4.78, 5) is 0. The van der Waals surface area contributed by atoms with E-state index in [2.05, 4.69) is 18.2 Å². The van der Waals surface area contributed by atoms with E-state index in [9.17, 15) is 0 Å². The third-order valence-corrected chi connectivity index (χ3v) is 1.67. The Morgan fingerprint density at radius 2 is 2.56 bits per heavy atom. The Bertz CT molecular complexity index is 200. The summed E-state index contributed by atoms with van der Waals surface area (Å²) < 4.78 is 5.13. The van der Waals surface area contributed by atoms with E-state index in [1.807, 2.05) is 13.2 Å². The predicted octanol–water partition coefficient (Wildman–Crippen LogP) is 0.550. The van der Waals surface area contributed by atoms with Crippen molar-refractivity contribution in [2.45, 2.75) is 0 Å². The number of allylic oxidation sites excluding steroid dienone is 3. The first kappa shape index (κ1) is 5.04. The van der Waals surface area contributed by atoms with Crippen LogP contribution in [0, 0.1) is 5.92 Å². The number of fused-ring (bicyclic) bond motifs is 1. The summed E-state index contributed by atoms with van der Waals surface area (Å²) in [7, 11) is 1.84. The normalized spacial score (nSPS) is 28.4. The second-order valence-electron chi connectivity index (χ2n) is 2.30. The van der Waals surface area contributed by atoms with E-state index in [0.29, 0.717) is 5.92 Å². The molecule has 0 saturated heterocycles. The maximum absolute atomic E-state index is 5.13. The molecule has 0 aromatic carbocycles. The first-order valence-corrected chi connectivity index (χ1v) is 3.13. The molecule has 0 spiro atoms. The van der Waals surface area contributed by atoms with E-state index >= 15 is 0 Å². The molecular weight excluding hydrogens is 111 g/mol. The van der Waals surface area contributed by atoms with Gasteiger partial charge in [-0.2, -0.15) is 0 Å². The summed E-state index contributed by atoms with van der Waals surface area (Å²) in [5, 5.41) is 0. The number of hydrogen-bond donors (Lipinski definition) is 0. The predicted molar refractivity (Wildman–Crippen MR) is 38.5 cm³/mol. The Labute approximate surface area is 55.0 Å². The molecule has 1 aliphatic carbocycles. The molecule has 1 heterocycles. The molecule has 0 aromatic rings. The zero-order valence-corrected chi connectivity index (χ0v) is 5.08. The van der Waals surface area contributed by atoms with Crippen LogP contribution in [0.5, 0.6) is 0 Å². The topological polar surface area (TPSA) is 9.23 Å². The van der Waals surface area contributed by atoms with E-state index in [4.69, 9.17) is 4.65 Å². The van der Waals surface area contributed by atoms with Gasteiger partial charge >= 0.3 is 54.1 Å². The molecule has 44 valence electrons. The average Bonchev–Trinajstić information content (AvgIpc) is 2.33. The molecule has 1 atom stereocenters. The van der Waals surface area contributed by atoms with Gasteiger partial charge < -0.3 is 0 Å². The number of rotatable bonds is 0. The van der Waals surface area contributed by atoms with Crippen LogP contribution in [0.25, 0.3) is 0 Å². The molecule has 0 saturated carbocycles. The average molecular weight is 118 g/mol. The van der Waals surface area contributed by atoms with Gasteiger partial charge in [0.15, 0.2) is 0 Å². The second kappa shape index (κ2) is 1.87. The molecule has 2 rings (SSSR count). The minimum atomic E-state index is 0.537. The maximum atomic E-state index is 5.13. The van der Waals surface area contributed by atoms with Crippen molar-refractivity contribution in [1.82, 2.24) is 0 Å². The fraction of sp³-hybridized carbons (Fsp3) is 0.286. The first-order chi connectivity index (χ1) is 4.47. The summed E-state index contributed by atoms with van der Waals surface area (Å²) >= 11 is 0. The van der Waals surface area contributed by atoms with Gasteiger partial charge in [0.1, 0.15) is 0 Å². The van der Waals surface area contributed by atoms with Crippen LogP contribution in [-0.2, 0) is 4.65 Å². The third kappa shape index (κ3) is 0.746. The van der Waals surface area contributed by atoms with Crippen LogP contribution in [0.1, 0.15) is 0 Å². The minimum absolute atomic E-state index is 0.537. The van der Waals surface area contributed by atoms with Crippen LogP contribution in [0.2, 0.25) is 0 Å². The molecule has 1 nitrogen and oxygen atoms in total. The Hall–Kier alpha value is -0.785. The monoisotopic (exact) mass is 118 g/mol. The first-order valence-electron chi connectivity index (χ1n) is 3.13. The van der Waals surface area contributed by atoms with Crippen molar-refractivity contribution in [2.24, 2.45) is 5.92 Å². The van der Waals surface area contributed by atoms with Gasteiger partial charge in [-0.3, -0.25) is 0 Å². The molecule has 0 aromatic heterocycles. The molecule has 2 heteroatoms. The van der Waals surface area contributed by atoms with E-state index in [1.165, 1.54) is 5.46 Å². The summed E-state index contributed by atoms with van der Waals surface area (Å²) in [5.74, 6) is 0.537. The summed E-state index contributed by atoms with van der Waals surface area (Å²) in [6, 6.07) is 0. The van der Waals surface area contributed by atoms with Gasteiger partial charge in [-0.15, -0.1) is 0 Å². The second-order valence-corrected chi connectivity index (χ2v) is 2.30. The van der Waals surface area contributed by atoms with Crippen molar-refractivity contribution in [3.63, 3.8) is 0 Å². The van der Waals surface area contributed by atoms with Crippen molar-refractivity contribution in [3.8, 4) is 0 Å². The Morgan fingerprint density at radius 3 is 3.44 bits per heavy atom. The van der Waals surface area contributed by atoms with E-state index < -0.39 is 0 Å². The Balaban J connectivity index is 2.33. The van der Waals surface area contributed by atoms with Gasteiger partial charge in [-0.1, -0.05) is 0 Å². The SMILES string of the molecule is B1=C2C=CC=CC2CO1. The fourth-order valence-electron chi connectivity index (χ4n) is 1.13. The third-order valence-electron chi connectivity index (χ3n) is 1.67. The van der Waals surface area contributed by atoms with E-state index in [1.54, 1.807) is 0 Å². The zero-order valence-electron chi connectivity index (χ0n) is 5.08.